The minimum atomic E-state index is 0.160. The van der Waals surface area contributed by atoms with E-state index in [1.54, 1.807) is 0 Å². The van der Waals surface area contributed by atoms with Gasteiger partial charge in [-0.1, -0.05) is 36.6 Å². The average Bonchev–Trinajstić information content (AvgIpc) is 3.08. The van der Waals surface area contributed by atoms with E-state index in [1.807, 2.05) is 0 Å². The first-order valence-corrected chi connectivity index (χ1v) is 8.72. The molecule has 2 N–H and O–H groups in total. The highest BCUT2D eigenvalue weighted by molar-refractivity contribution is 5.32. The van der Waals surface area contributed by atoms with Crippen LogP contribution in [-0.2, 0) is 0 Å². The van der Waals surface area contributed by atoms with Gasteiger partial charge in [-0.05, 0) is 63.1 Å². The molecule has 0 radical (unpaired) electrons. The van der Waals surface area contributed by atoms with Gasteiger partial charge in [-0.15, -0.1) is 0 Å². The van der Waals surface area contributed by atoms with Crippen LogP contribution in [-0.4, -0.2) is 24.0 Å². The van der Waals surface area contributed by atoms with Crippen LogP contribution in [0.3, 0.4) is 0 Å². The van der Waals surface area contributed by atoms with E-state index in [9.17, 15) is 0 Å². The second-order valence-electron chi connectivity index (χ2n) is 7.22. The minimum absolute atomic E-state index is 0.160. The van der Waals surface area contributed by atoms with E-state index < -0.39 is 0 Å². The smallest absolute Gasteiger partial charge is 0.0427 e. The number of aryl methyl sites for hydroxylation is 2. The summed E-state index contributed by atoms with van der Waals surface area (Å²) in [5, 5.41) is 0. The summed E-state index contributed by atoms with van der Waals surface area (Å²) in [7, 11) is 0. The Balaban J connectivity index is 1.67. The second kappa shape index (κ2) is 6.50. The molecule has 2 fully saturated rings. The maximum Gasteiger partial charge on any atom is 0.0427 e. The fraction of sp³-hybridized carbons (Fsp3) is 0.684. The van der Waals surface area contributed by atoms with E-state index >= 15 is 0 Å². The molecule has 1 aromatic carbocycles. The maximum absolute atomic E-state index is 6.54. The lowest BCUT2D eigenvalue weighted by Crippen LogP contribution is -2.39. The summed E-state index contributed by atoms with van der Waals surface area (Å²) < 4.78 is 0. The molecule has 1 heterocycles. The molecule has 21 heavy (non-hydrogen) atoms. The Morgan fingerprint density at radius 1 is 1.14 bits per heavy atom. The Labute approximate surface area is 129 Å². The number of hydrogen-bond donors (Lipinski definition) is 1. The standard InChI is InChI=1S/C19H30N2/c1-14-9-10-17(15(2)12-14)18(20)13-21-11-5-8-19(21)16-6-3-4-7-16/h9-10,12,16,18-19H,3-8,11,13,20H2,1-2H3. The van der Waals surface area contributed by atoms with Crippen LogP contribution in [0.1, 0.15) is 61.3 Å². The van der Waals surface area contributed by atoms with E-state index in [-0.39, 0.29) is 6.04 Å². The lowest BCUT2D eigenvalue weighted by Gasteiger charge is -2.31. The Kier molecular flexibility index (Phi) is 4.66. The van der Waals surface area contributed by atoms with Crippen molar-refractivity contribution in [3.05, 3.63) is 34.9 Å². The van der Waals surface area contributed by atoms with E-state index in [2.05, 4.69) is 36.9 Å². The molecule has 0 spiro atoms. The summed E-state index contributed by atoms with van der Waals surface area (Å²) >= 11 is 0. The van der Waals surface area contributed by atoms with Crippen LogP contribution in [0.5, 0.6) is 0 Å². The number of nitrogens with zero attached hydrogens (tertiary/aromatic N) is 1. The predicted octanol–water partition coefficient (Wildman–Crippen LogP) is 3.96. The van der Waals surface area contributed by atoms with Gasteiger partial charge in [0.2, 0.25) is 0 Å². The third-order valence-corrected chi connectivity index (χ3v) is 5.61. The minimum Gasteiger partial charge on any atom is -0.323 e. The Bertz CT molecular complexity index is 476. The second-order valence-corrected chi connectivity index (χ2v) is 7.22. The molecule has 3 rings (SSSR count). The largest absolute Gasteiger partial charge is 0.323 e. The van der Waals surface area contributed by atoms with Crippen molar-refractivity contribution in [3.8, 4) is 0 Å². The summed E-state index contributed by atoms with van der Waals surface area (Å²) in [6.45, 7) is 6.63. The number of likely N-dealkylation sites (tertiary alicyclic amines) is 1. The quantitative estimate of drug-likeness (QED) is 0.908. The van der Waals surface area contributed by atoms with Crippen molar-refractivity contribution in [3.63, 3.8) is 0 Å². The number of hydrogen-bond acceptors (Lipinski definition) is 2. The van der Waals surface area contributed by atoms with E-state index in [0.717, 1.165) is 18.5 Å². The lowest BCUT2D eigenvalue weighted by atomic mass is 9.94. The van der Waals surface area contributed by atoms with Gasteiger partial charge in [-0.3, -0.25) is 4.90 Å². The van der Waals surface area contributed by atoms with Crippen LogP contribution in [0.15, 0.2) is 18.2 Å². The van der Waals surface area contributed by atoms with E-state index in [4.69, 9.17) is 5.73 Å². The third kappa shape index (κ3) is 3.32. The molecular formula is C19H30N2. The average molecular weight is 286 g/mol. The fourth-order valence-electron chi connectivity index (χ4n) is 4.55. The third-order valence-electron chi connectivity index (χ3n) is 5.61. The van der Waals surface area contributed by atoms with Gasteiger partial charge in [0, 0.05) is 18.6 Å². The van der Waals surface area contributed by atoms with Gasteiger partial charge in [0.05, 0.1) is 0 Å². The monoisotopic (exact) mass is 286 g/mol. The highest BCUT2D eigenvalue weighted by atomic mass is 15.2. The van der Waals surface area contributed by atoms with Gasteiger partial charge < -0.3 is 5.73 Å². The number of rotatable bonds is 4. The van der Waals surface area contributed by atoms with Crippen LogP contribution < -0.4 is 5.73 Å². The predicted molar refractivity (Wildman–Crippen MR) is 89.4 cm³/mol. The maximum atomic E-state index is 6.54. The molecule has 2 heteroatoms. The first-order chi connectivity index (χ1) is 10.1. The normalized spacial score (nSPS) is 25.6. The molecular weight excluding hydrogens is 256 g/mol. The Morgan fingerprint density at radius 3 is 2.62 bits per heavy atom. The van der Waals surface area contributed by atoms with Gasteiger partial charge in [-0.2, -0.15) is 0 Å². The zero-order valence-corrected chi connectivity index (χ0v) is 13.6. The molecule has 1 aromatic rings. The SMILES string of the molecule is Cc1ccc(C(N)CN2CCCC2C2CCCC2)c(C)c1. The van der Waals surface area contributed by atoms with Gasteiger partial charge in [-0.25, -0.2) is 0 Å². The highest BCUT2D eigenvalue weighted by Crippen LogP contribution is 2.36. The van der Waals surface area contributed by atoms with Crippen molar-refractivity contribution in [2.24, 2.45) is 11.7 Å². The topological polar surface area (TPSA) is 29.3 Å². The molecule has 0 aromatic heterocycles. The zero-order chi connectivity index (χ0) is 14.8. The van der Waals surface area contributed by atoms with Gasteiger partial charge in [0.25, 0.3) is 0 Å². The van der Waals surface area contributed by atoms with Crippen LogP contribution in [0, 0.1) is 19.8 Å². The highest BCUT2D eigenvalue weighted by Gasteiger charge is 2.33. The number of nitrogens with two attached hydrogens (primary N) is 1. The van der Waals surface area contributed by atoms with Crippen LogP contribution in [0.2, 0.25) is 0 Å². The van der Waals surface area contributed by atoms with Crippen molar-refractivity contribution < 1.29 is 0 Å². The fourth-order valence-corrected chi connectivity index (χ4v) is 4.55. The zero-order valence-electron chi connectivity index (χ0n) is 13.6. The van der Waals surface area contributed by atoms with Gasteiger partial charge in [0.15, 0.2) is 0 Å². The molecule has 1 aliphatic heterocycles. The molecule has 0 bridgehead atoms. The van der Waals surface area contributed by atoms with Crippen molar-refractivity contribution in [1.82, 2.24) is 4.90 Å². The lowest BCUT2D eigenvalue weighted by molar-refractivity contribution is 0.181. The molecule has 2 atom stereocenters. The van der Waals surface area contributed by atoms with Crippen LogP contribution in [0.25, 0.3) is 0 Å². The summed E-state index contributed by atoms with van der Waals surface area (Å²) in [5.74, 6) is 0.943. The molecule has 0 amide bonds. The van der Waals surface area contributed by atoms with Gasteiger partial charge in [0.1, 0.15) is 0 Å². The summed E-state index contributed by atoms with van der Waals surface area (Å²) in [4.78, 5) is 2.69. The molecule has 1 saturated carbocycles. The molecule has 2 aliphatic rings. The molecule has 1 saturated heterocycles. The molecule has 116 valence electrons. The summed E-state index contributed by atoms with van der Waals surface area (Å²) in [6, 6.07) is 7.65. The van der Waals surface area contributed by atoms with Crippen molar-refractivity contribution >= 4 is 0 Å². The van der Waals surface area contributed by atoms with Crippen LogP contribution >= 0.6 is 0 Å². The first-order valence-electron chi connectivity index (χ1n) is 8.72. The van der Waals surface area contributed by atoms with Crippen LogP contribution in [0.4, 0.5) is 0 Å². The van der Waals surface area contributed by atoms with Crippen molar-refractivity contribution in [2.75, 3.05) is 13.1 Å². The van der Waals surface area contributed by atoms with Gasteiger partial charge >= 0.3 is 0 Å². The van der Waals surface area contributed by atoms with Crippen molar-refractivity contribution in [2.45, 2.75) is 64.5 Å². The van der Waals surface area contributed by atoms with E-state index in [0.29, 0.717) is 0 Å². The summed E-state index contributed by atoms with van der Waals surface area (Å²) in [5.41, 5.74) is 10.5. The Morgan fingerprint density at radius 2 is 1.90 bits per heavy atom. The molecule has 1 aliphatic carbocycles. The van der Waals surface area contributed by atoms with Crippen molar-refractivity contribution in [1.29, 1.82) is 0 Å². The summed E-state index contributed by atoms with van der Waals surface area (Å²) in [6.07, 6.45) is 8.53. The van der Waals surface area contributed by atoms with E-state index in [1.165, 1.54) is 61.8 Å². The first kappa shape index (κ1) is 15.1. The number of benzene rings is 1. The molecule has 2 unspecified atom stereocenters. The molecule has 2 nitrogen and oxygen atoms in total. The Hall–Kier alpha value is -0.860.